The van der Waals surface area contributed by atoms with E-state index in [4.69, 9.17) is 11.6 Å². The van der Waals surface area contributed by atoms with Crippen LogP contribution in [0, 0.1) is 5.92 Å². The van der Waals surface area contributed by atoms with Crippen molar-refractivity contribution in [2.24, 2.45) is 5.92 Å². The van der Waals surface area contributed by atoms with Crippen LogP contribution >= 0.6 is 11.6 Å². The third kappa shape index (κ3) is 5.96. The number of carbonyl (C=O) groups is 1. The minimum Gasteiger partial charge on any atom is -0.385 e. The molecule has 0 saturated heterocycles. The van der Waals surface area contributed by atoms with Crippen LogP contribution in [-0.4, -0.2) is 19.0 Å². The van der Waals surface area contributed by atoms with Gasteiger partial charge in [-0.15, -0.1) is 0 Å². The Labute approximate surface area is 133 Å². The highest BCUT2D eigenvalue weighted by atomic mass is 35.5. The van der Waals surface area contributed by atoms with Gasteiger partial charge in [-0.1, -0.05) is 44.7 Å². The van der Waals surface area contributed by atoms with Crippen molar-refractivity contribution in [1.82, 2.24) is 5.32 Å². The van der Waals surface area contributed by atoms with Crippen LogP contribution in [0.25, 0.3) is 0 Å². The smallest absolute Gasteiger partial charge is 0.253 e. The van der Waals surface area contributed by atoms with Crippen molar-refractivity contribution in [3.8, 4) is 0 Å². The second kappa shape index (κ2) is 9.67. The van der Waals surface area contributed by atoms with E-state index in [0.29, 0.717) is 16.5 Å². The fraction of sp³-hybridized carbons (Fsp3) is 0.588. The summed E-state index contributed by atoms with van der Waals surface area (Å²) in [6.07, 6.45) is 4.68. The molecule has 0 aliphatic heterocycles. The Morgan fingerprint density at radius 1 is 1.29 bits per heavy atom. The Bertz CT molecular complexity index is 448. The van der Waals surface area contributed by atoms with E-state index in [-0.39, 0.29) is 5.91 Å². The van der Waals surface area contributed by atoms with Crippen molar-refractivity contribution in [2.45, 2.75) is 46.5 Å². The molecule has 0 aromatic heterocycles. The SMILES string of the molecule is CCCCC(CC)CNC(=O)c1cc(Cl)ccc1NCC. The Balaban J connectivity index is 2.68. The van der Waals surface area contributed by atoms with E-state index in [9.17, 15) is 4.79 Å². The number of benzene rings is 1. The first kappa shape index (κ1) is 17.8. The molecule has 0 aliphatic rings. The number of amides is 1. The lowest BCUT2D eigenvalue weighted by atomic mass is 9.99. The van der Waals surface area contributed by atoms with Crippen molar-refractivity contribution in [1.29, 1.82) is 0 Å². The van der Waals surface area contributed by atoms with Gasteiger partial charge in [0.15, 0.2) is 0 Å². The molecule has 0 saturated carbocycles. The summed E-state index contributed by atoms with van der Waals surface area (Å²) in [4.78, 5) is 12.4. The molecular formula is C17H27ClN2O. The average Bonchev–Trinajstić information content (AvgIpc) is 2.49. The van der Waals surface area contributed by atoms with Crippen LogP contribution in [0.2, 0.25) is 5.02 Å². The van der Waals surface area contributed by atoms with Crippen molar-refractivity contribution in [3.63, 3.8) is 0 Å². The van der Waals surface area contributed by atoms with E-state index in [1.165, 1.54) is 19.3 Å². The van der Waals surface area contributed by atoms with E-state index in [2.05, 4.69) is 24.5 Å². The van der Waals surface area contributed by atoms with Gasteiger partial charge in [0.2, 0.25) is 0 Å². The number of unbranched alkanes of at least 4 members (excludes halogenated alkanes) is 1. The summed E-state index contributed by atoms with van der Waals surface area (Å²) in [6, 6.07) is 5.38. The second-order valence-corrected chi connectivity index (χ2v) is 5.78. The summed E-state index contributed by atoms with van der Waals surface area (Å²) in [7, 11) is 0. The molecular weight excluding hydrogens is 284 g/mol. The van der Waals surface area contributed by atoms with Crippen LogP contribution in [0.4, 0.5) is 5.69 Å². The van der Waals surface area contributed by atoms with Gasteiger partial charge in [0.25, 0.3) is 5.91 Å². The van der Waals surface area contributed by atoms with Gasteiger partial charge in [-0.05, 0) is 37.5 Å². The van der Waals surface area contributed by atoms with Crippen LogP contribution < -0.4 is 10.6 Å². The van der Waals surface area contributed by atoms with Crippen LogP contribution in [0.5, 0.6) is 0 Å². The third-order valence-corrected chi connectivity index (χ3v) is 3.92. The van der Waals surface area contributed by atoms with E-state index in [0.717, 1.165) is 25.2 Å². The maximum Gasteiger partial charge on any atom is 0.253 e. The molecule has 1 aromatic carbocycles. The molecule has 0 aliphatic carbocycles. The number of nitrogens with one attached hydrogen (secondary N) is 2. The molecule has 0 spiro atoms. The zero-order chi connectivity index (χ0) is 15.7. The molecule has 1 unspecified atom stereocenters. The minimum absolute atomic E-state index is 0.0524. The lowest BCUT2D eigenvalue weighted by molar-refractivity contribution is 0.0946. The van der Waals surface area contributed by atoms with Crippen LogP contribution in [-0.2, 0) is 0 Å². The van der Waals surface area contributed by atoms with Crippen molar-refractivity contribution >= 4 is 23.2 Å². The molecule has 3 nitrogen and oxygen atoms in total. The maximum absolute atomic E-state index is 12.4. The van der Waals surface area contributed by atoms with E-state index in [1.807, 2.05) is 13.0 Å². The number of hydrogen-bond acceptors (Lipinski definition) is 2. The van der Waals surface area contributed by atoms with Gasteiger partial charge in [-0.3, -0.25) is 4.79 Å². The van der Waals surface area contributed by atoms with Crippen molar-refractivity contribution in [2.75, 3.05) is 18.4 Å². The lowest BCUT2D eigenvalue weighted by Crippen LogP contribution is -2.29. The first-order chi connectivity index (χ1) is 10.1. The normalized spacial score (nSPS) is 12.0. The summed E-state index contributed by atoms with van der Waals surface area (Å²) in [5.41, 5.74) is 1.45. The fourth-order valence-electron chi connectivity index (χ4n) is 2.32. The minimum atomic E-state index is -0.0524. The number of hydrogen-bond donors (Lipinski definition) is 2. The second-order valence-electron chi connectivity index (χ2n) is 5.35. The van der Waals surface area contributed by atoms with E-state index < -0.39 is 0 Å². The third-order valence-electron chi connectivity index (χ3n) is 3.69. The number of anilines is 1. The molecule has 2 N–H and O–H groups in total. The van der Waals surface area contributed by atoms with Crippen molar-refractivity contribution < 1.29 is 4.79 Å². The molecule has 0 heterocycles. The van der Waals surface area contributed by atoms with Crippen LogP contribution in [0.15, 0.2) is 18.2 Å². The summed E-state index contributed by atoms with van der Waals surface area (Å²) in [6.45, 7) is 7.88. The Hall–Kier alpha value is -1.22. The lowest BCUT2D eigenvalue weighted by Gasteiger charge is -2.16. The largest absolute Gasteiger partial charge is 0.385 e. The highest BCUT2D eigenvalue weighted by Crippen LogP contribution is 2.21. The fourth-order valence-corrected chi connectivity index (χ4v) is 2.50. The van der Waals surface area contributed by atoms with Gasteiger partial charge in [-0.25, -0.2) is 0 Å². The highest BCUT2D eigenvalue weighted by molar-refractivity contribution is 6.31. The number of rotatable bonds is 9. The Morgan fingerprint density at radius 2 is 2.05 bits per heavy atom. The van der Waals surface area contributed by atoms with Gasteiger partial charge in [0.1, 0.15) is 0 Å². The molecule has 0 bridgehead atoms. The topological polar surface area (TPSA) is 41.1 Å². The quantitative estimate of drug-likeness (QED) is 0.693. The van der Waals surface area contributed by atoms with Crippen LogP contribution in [0.3, 0.4) is 0 Å². The summed E-state index contributed by atoms with van der Waals surface area (Å²) in [5.74, 6) is 0.499. The van der Waals surface area contributed by atoms with Gasteiger partial charge >= 0.3 is 0 Å². The summed E-state index contributed by atoms with van der Waals surface area (Å²) >= 11 is 6.01. The predicted molar refractivity (Wildman–Crippen MR) is 91.3 cm³/mol. The molecule has 21 heavy (non-hydrogen) atoms. The Morgan fingerprint density at radius 3 is 2.67 bits per heavy atom. The molecule has 1 aromatic rings. The first-order valence-corrected chi connectivity index (χ1v) is 8.31. The molecule has 0 radical (unpaired) electrons. The summed E-state index contributed by atoms with van der Waals surface area (Å²) < 4.78 is 0. The Kier molecular flexibility index (Phi) is 8.21. The molecule has 118 valence electrons. The van der Waals surface area contributed by atoms with Gasteiger partial charge < -0.3 is 10.6 Å². The first-order valence-electron chi connectivity index (χ1n) is 7.93. The number of halogens is 1. The zero-order valence-corrected chi connectivity index (χ0v) is 14.1. The standard InChI is InChI=1S/C17H27ClN2O/c1-4-7-8-13(5-2)12-20-17(21)15-11-14(18)9-10-16(15)19-6-3/h9-11,13,19H,4-8,12H2,1-3H3,(H,20,21). The molecule has 1 amide bonds. The van der Waals surface area contributed by atoms with Gasteiger partial charge in [-0.2, -0.15) is 0 Å². The maximum atomic E-state index is 12.4. The van der Waals surface area contributed by atoms with Crippen molar-refractivity contribution in [3.05, 3.63) is 28.8 Å². The van der Waals surface area contributed by atoms with E-state index >= 15 is 0 Å². The summed E-state index contributed by atoms with van der Waals surface area (Å²) in [5, 5.41) is 6.83. The molecule has 1 rings (SSSR count). The highest BCUT2D eigenvalue weighted by Gasteiger charge is 2.13. The zero-order valence-electron chi connectivity index (χ0n) is 13.3. The van der Waals surface area contributed by atoms with Crippen LogP contribution in [0.1, 0.15) is 56.8 Å². The van der Waals surface area contributed by atoms with E-state index in [1.54, 1.807) is 12.1 Å². The number of carbonyl (C=O) groups excluding carboxylic acids is 1. The monoisotopic (exact) mass is 310 g/mol. The molecule has 1 atom stereocenters. The van der Waals surface area contributed by atoms with Gasteiger partial charge in [0.05, 0.1) is 5.56 Å². The predicted octanol–water partition coefficient (Wildman–Crippen LogP) is 4.72. The average molecular weight is 311 g/mol. The molecule has 0 fully saturated rings. The molecule has 4 heteroatoms. The van der Waals surface area contributed by atoms with Gasteiger partial charge in [0, 0.05) is 23.8 Å².